The standard InChI is InChI=1S/C23H27FO6/c1-3-8-29-20-12-16(6-7-17(20)13-22(25)26)5-4-9-30-21-11-15(2)10-19(24)18(21)14-23(27)28/h6-7,10-12H,3-5,8-9,13-14H2,1-2H3,(H,25,26)(H,27,28). The Morgan fingerprint density at radius 2 is 1.67 bits per heavy atom. The van der Waals surface area contributed by atoms with Crippen LogP contribution in [0.25, 0.3) is 0 Å². The fourth-order valence-corrected chi connectivity index (χ4v) is 3.06. The molecule has 0 atom stereocenters. The zero-order valence-electron chi connectivity index (χ0n) is 17.2. The first-order valence-electron chi connectivity index (χ1n) is 9.90. The van der Waals surface area contributed by atoms with E-state index in [2.05, 4.69) is 0 Å². The zero-order valence-corrected chi connectivity index (χ0v) is 17.2. The van der Waals surface area contributed by atoms with Crippen molar-refractivity contribution in [1.82, 2.24) is 0 Å². The van der Waals surface area contributed by atoms with Crippen molar-refractivity contribution < 1.29 is 33.7 Å². The second kappa shape index (κ2) is 11.2. The lowest BCUT2D eigenvalue weighted by molar-refractivity contribution is -0.137. The highest BCUT2D eigenvalue weighted by atomic mass is 19.1. The van der Waals surface area contributed by atoms with E-state index in [1.54, 1.807) is 19.1 Å². The second-order valence-electron chi connectivity index (χ2n) is 7.11. The Kier molecular flexibility index (Phi) is 8.65. The summed E-state index contributed by atoms with van der Waals surface area (Å²) in [6.45, 7) is 4.49. The average Bonchev–Trinajstić information content (AvgIpc) is 2.66. The molecule has 0 aliphatic heterocycles. The van der Waals surface area contributed by atoms with Gasteiger partial charge < -0.3 is 19.7 Å². The van der Waals surface area contributed by atoms with E-state index in [0.717, 1.165) is 12.0 Å². The summed E-state index contributed by atoms with van der Waals surface area (Å²) < 4.78 is 25.5. The third-order valence-electron chi connectivity index (χ3n) is 4.43. The maximum absolute atomic E-state index is 14.1. The molecule has 0 aliphatic carbocycles. The first-order chi connectivity index (χ1) is 14.3. The fourth-order valence-electron chi connectivity index (χ4n) is 3.06. The molecule has 6 nitrogen and oxygen atoms in total. The van der Waals surface area contributed by atoms with Crippen LogP contribution < -0.4 is 9.47 Å². The van der Waals surface area contributed by atoms with Crippen molar-refractivity contribution in [3.8, 4) is 11.5 Å². The molecule has 0 bridgehead atoms. The molecule has 0 spiro atoms. The SMILES string of the molecule is CCCOc1cc(CCCOc2cc(C)cc(F)c2CC(=O)O)ccc1CC(=O)O. The highest BCUT2D eigenvalue weighted by Crippen LogP contribution is 2.26. The first-order valence-corrected chi connectivity index (χ1v) is 9.90. The molecule has 0 heterocycles. The molecule has 0 amide bonds. The van der Waals surface area contributed by atoms with Gasteiger partial charge in [-0.2, -0.15) is 0 Å². The molecule has 7 heteroatoms. The van der Waals surface area contributed by atoms with Gasteiger partial charge in [-0.15, -0.1) is 0 Å². The molecule has 30 heavy (non-hydrogen) atoms. The number of rotatable bonds is 12. The first kappa shape index (κ1) is 23.2. The van der Waals surface area contributed by atoms with Gasteiger partial charge in [0.2, 0.25) is 0 Å². The molecule has 0 radical (unpaired) electrons. The predicted octanol–water partition coefficient (Wildman–Crippen LogP) is 4.19. The largest absolute Gasteiger partial charge is 0.493 e. The van der Waals surface area contributed by atoms with E-state index in [4.69, 9.17) is 19.7 Å². The molecule has 162 valence electrons. The highest BCUT2D eigenvalue weighted by molar-refractivity contribution is 5.72. The molecule has 0 fully saturated rings. The molecule has 0 saturated carbocycles. The molecule has 2 aromatic carbocycles. The van der Waals surface area contributed by atoms with Gasteiger partial charge in [0.1, 0.15) is 17.3 Å². The zero-order chi connectivity index (χ0) is 22.1. The molecule has 2 N–H and O–H groups in total. The summed E-state index contributed by atoms with van der Waals surface area (Å²) in [4.78, 5) is 22.0. The Hall–Kier alpha value is -3.09. The Balaban J connectivity index is 2.02. The predicted molar refractivity (Wildman–Crippen MR) is 110 cm³/mol. The third kappa shape index (κ3) is 7.06. The highest BCUT2D eigenvalue weighted by Gasteiger charge is 2.15. The number of halogens is 1. The van der Waals surface area contributed by atoms with Crippen molar-refractivity contribution in [2.45, 2.75) is 46.0 Å². The number of benzene rings is 2. The van der Waals surface area contributed by atoms with Gasteiger partial charge in [0.15, 0.2) is 0 Å². The van der Waals surface area contributed by atoms with Crippen LogP contribution in [-0.4, -0.2) is 35.4 Å². The molecule has 2 rings (SSSR count). The van der Waals surface area contributed by atoms with Crippen molar-refractivity contribution in [2.75, 3.05) is 13.2 Å². The summed E-state index contributed by atoms with van der Waals surface area (Å²) >= 11 is 0. The van der Waals surface area contributed by atoms with Crippen LogP contribution in [0.15, 0.2) is 30.3 Å². The molecular formula is C23H27FO6. The Labute approximate surface area is 175 Å². The summed E-state index contributed by atoms with van der Waals surface area (Å²) in [5.41, 5.74) is 2.30. The number of hydrogen-bond acceptors (Lipinski definition) is 4. The van der Waals surface area contributed by atoms with Gasteiger partial charge in [-0.3, -0.25) is 9.59 Å². The van der Waals surface area contributed by atoms with E-state index in [1.165, 1.54) is 6.07 Å². The summed E-state index contributed by atoms with van der Waals surface area (Å²) in [6.07, 6.45) is 1.54. The Morgan fingerprint density at radius 3 is 2.33 bits per heavy atom. The fraction of sp³-hybridized carbons (Fsp3) is 0.391. The maximum atomic E-state index is 14.1. The summed E-state index contributed by atoms with van der Waals surface area (Å²) in [5.74, 6) is -1.80. The van der Waals surface area contributed by atoms with Crippen LogP contribution in [0, 0.1) is 12.7 Å². The molecule has 0 unspecified atom stereocenters. The molecule has 0 aliphatic rings. The van der Waals surface area contributed by atoms with Gasteiger partial charge in [0.05, 0.1) is 26.1 Å². The van der Waals surface area contributed by atoms with E-state index >= 15 is 0 Å². The van der Waals surface area contributed by atoms with Crippen LogP contribution in [0.3, 0.4) is 0 Å². The number of carbonyl (C=O) groups is 2. The van der Waals surface area contributed by atoms with Crippen LogP contribution in [0.2, 0.25) is 0 Å². The minimum Gasteiger partial charge on any atom is -0.493 e. The topological polar surface area (TPSA) is 93.1 Å². The van der Waals surface area contributed by atoms with Crippen LogP contribution >= 0.6 is 0 Å². The van der Waals surface area contributed by atoms with Crippen molar-refractivity contribution in [3.63, 3.8) is 0 Å². The Bertz CT molecular complexity index is 894. The second-order valence-corrected chi connectivity index (χ2v) is 7.11. The van der Waals surface area contributed by atoms with E-state index in [1.807, 2.05) is 19.1 Å². The molecule has 0 aromatic heterocycles. The van der Waals surface area contributed by atoms with Gasteiger partial charge in [-0.1, -0.05) is 19.1 Å². The van der Waals surface area contributed by atoms with Crippen LogP contribution in [0.5, 0.6) is 11.5 Å². The van der Waals surface area contributed by atoms with Crippen molar-refractivity contribution >= 4 is 11.9 Å². The molecular weight excluding hydrogens is 391 g/mol. The van der Waals surface area contributed by atoms with Gasteiger partial charge in [0, 0.05) is 11.1 Å². The summed E-state index contributed by atoms with van der Waals surface area (Å²) in [6, 6.07) is 8.39. The van der Waals surface area contributed by atoms with Crippen LogP contribution in [-0.2, 0) is 28.9 Å². The van der Waals surface area contributed by atoms with E-state index in [-0.39, 0.29) is 24.3 Å². The Morgan fingerprint density at radius 1 is 0.967 bits per heavy atom. The summed E-state index contributed by atoms with van der Waals surface area (Å²) in [5, 5.41) is 18.0. The van der Waals surface area contributed by atoms with Crippen LogP contribution in [0.1, 0.15) is 42.0 Å². The normalized spacial score (nSPS) is 10.6. The number of hydrogen-bond donors (Lipinski definition) is 2. The quantitative estimate of drug-likeness (QED) is 0.502. The summed E-state index contributed by atoms with van der Waals surface area (Å²) in [7, 11) is 0. The molecule has 2 aromatic rings. The average molecular weight is 418 g/mol. The lowest BCUT2D eigenvalue weighted by Gasteiger charge is -2.14. The van der Waals surface area contributed by atoms with Gasteiger partial charge >= 0.3 is 11.9 Å². The number of carboxylic acids is 2. The number of aryl methyl sites for hydroxylation is 2. The third-order valence-corrected chi connectivity index (χ3v) is 4.43. The number of ether oxygens (including phenoxy) is 2. The molecule has 0 saturated heterocycles. The van der Waals surface area contributed by atoms with E-state index < -0.39 is 24.2 Å². The lowest BCUT2D eigenvalue weighted by Crippen LogP contribution is -2.08. The minimum atomic E-state index is -1.12. The number of carboxylic acid groups (broad SMARTS) is 2. The maximum Gasteiger partial charge on any atom is 0.308 e. The van der Waals surface area contributed by atoms with Gasteiger partial charge in [-0.05, 0) is 55.5 Å². The monoisotopic (exact) mass is 418 g/mol. The van der Waals surface area contributed by atoms with Crippen molar-refractivity contribution in [2.24, 2.45) is 0 Å². The van der Waals surface area contributed by atoms with Crippen LogP contribution in [0.4, 0.5) is 4.39 Å². The van der Waals surface area contributed by atoms with Gasteiger partial charge in [-0.25, -0.2) is 4.39 Å². The van der Waals surface area contributed by atoms with Crippen molar-refractivity contribution in [1.29, 1.82) is 0 Å². The lowest BCUT2D eigenvalue weighted by atomic mass is 10.0. The van der Waals surface area contributed by atoms with E-state index in [0.29, 0.717) is 36.3 Å². The van der Waals surface area contributed by atoms with E-state index in [9.17, 15) is 14.0 Å². The number of aliphatic carboxylic acids is 2. The van der Waals surface area contributed by atoms with Gasteiger partial charge in [0.25, 0.3) is 0 Å². The minimum absolute atomic E-state index is 0.0429. The van der Waals surface area contributed by atoms with Crippen molar-refractivity contribution in [3.05, 3.63) is 58.4 Å². The smallest absolute Gasteiger partial charge is 0.308 e.